The molecule has 0 radical (unpaired) electrons. The molecule has 2 heterocycles. The molecule has 0 aromatic rings. The number of hydrogen-bond donors (Lipinski definition) is 0. The van der Waals surface area contributed by atoms with Crippen LogP contribution in [-0.4, -0.2) is 29.2 Å². The Morgan fingerprint density at radius 2 is 2.44 bits per heavy atom. The normalized spacial score (nSPS) is 36.0. The van der Waals surface area contributed by atoms with Crippen LogP contribution in [0.2, 0.25) is 0 Å². The van der Waals surface area contributed by atoms with Gasteiger partial charge in [-0.05, 0) is 13.8 Å². The number of ether oxygens (including phenoxy) is 1. The molecule has 50 valence electrons. The van der Waals surface area contributed by atoms with Gasteiger partial charge in [0.1, 0.15) is 6.61 Å². The molecule has 2 fully saturated rings. The summed E-state index contributed by atoms with van der Waals surface area (Å²) in [5, 5.41) is 0. The lowest BCUT2D eigenvalue weighted by Crippen LogP contribution is -2.19. The Kier molecular flexibility index (Phi) is 0.610. The molecular weight excluding hydrogens is 118 g/mol. The van der Waals surface area contributed by atoms with Crippen molar-refractivity contribution in [2.45, 2.75) is 25.4 Å². The molecule has 3 heteroatoms. The Hall–Kier alpha value is -0.730. The fourth-order valence-electron chi connectivity index (χ4n) is 1.43. The van der Waals surface area contributed by atoms with Crippen molar-refractivity contribution in [3.8, 4) is 0 Å². The largest absolute Gasteiger partial charge is 0.447 e. The monoisotopic (exact) mass is 127 g/mol. The summed E-state index contributed by atoms with van der Waals surface area (Å²) in [5.41, 5.74) is 0.0926. The van der Waals surface area contributed by atoms with Gasteiger partial charge in [0.2, 0.25) is 0 Å². The van der Waals surface area contributed by atoms with Gasteiger partial charge in [-0.15, -0.1) is 0 Å². The number of fused-ring (bicyclic) bond motifs is 1. The minimum atomic E-state index is -0.148. The van der Waals surface area contributed by atoms with Gasteiger partial charge in [-0.1, -0.05) is 0 Å². The van der Waals surface area contributed by atoms with E-state index in [-0.39, 0.29) is 11.6 Å². The van der Waals surface area contributed by atoms with Crippen LogP contribution in [0.5, 0.6) is 0 Å². The molecule has 0 spiro atoms. The SMILES string of the molecule is CC1(C)C2COC(=O)N21. The molecule has 2 saturated heterocycles. The smallest absolute Gasteiger partial charge is 0.410 e. The van der Waals surface area contributed by atoms with Crippen LogP contribution < -0.4 is 0 Å². The van der Waals surface area contributed by atoms with Gasteiger partial charge in [-0.2, -0.15) is 0 Å². The Morgan fingerprint density at radius 3 is 2.67 bits per heavy atom. The van der Waals surface area contributed by atoms with Gasteiger partial charge >= 0.3 is 6.09 Å². The first-order chi connectivity index (χ1) is 4.14. The van der Waals surface area contributed by atoms with E-state index in [2.05, 4.69) is 13.8 Å². The molecule has 3 nitrogen and oxygen atoms in total. The fourth-order valence-corrected chi connectivity index (χ4v) is 1.43. The van der Waals surface area contributed by atoms with Gasteiger partial charge in [0.05, 0.1) is 11.6 Å². The van der Waals surface area contributed by atoms with Crippen LogP contribution in [0.25, 0.3) is 0 Å². The maximum Gasteiger partial charge on any atom is 0.410 e. The first-order valence-electron chi connectivity index (χ1n) is 3.10. The third kappa shape index (κ3) is 0.407. The Morgan fingerprint density at radius 1 is 1.78 bits per heavy atom. The lowest BCUT2D eigenvalue weighted by atomic mass is 10.1. The van der Waals surface area contributed by atoms with Crippen molar-refractivity contribution in [3.63, 3.8) is 0 Å². The second-order valence-corrected chi connectivity index (χ2v) is 3.12. The topological polar surface area (TPSA) is 29.3 Å². The average Bonchev–Trinajstić information content (AvgIpc) is 2.19. The van der Waals surface area contributed by atoms with Crippen molar-refractivity contribution >= 4 is 6.09 Å². The Bertz CT molecular complexity index is 176. The first kappa shape index (κ1) is 5.09. The van der Waals surface area contributed by atoms with Crippen molar-refractivity contribution in [1.29, 1.82) is 0 Å². The number of rotatable bonds is 0. The molecule has 0 aromatic carbocycles. The molecule has 2 rings (SSSR count). The van der Waals surface area contributed by atoms with Crippen LogP contribution >= 0.6 is 0 Å². The van der Waals surface area contributed by atoms with Gasteiger partial charge in [0.15, 0.2) is 0 Å². The highest BCUT2D eigenvalue weighted by atomic mass is 16.6. The summed E-state index contributed by atoms with van der Waals surface area (Å²) in [4.78, 5) is 12.5. The predicted molar refractivity (Wildman–Crippen MR) is 31.1 cm³/mol. The van der Waals surface area contributed by atoms with Crippen LogP contribution in [0.4, 0.5) is 4.79 Å². The van der Waals surface area contributed by atoms with E-state index in [4.69, 9.17) is 4.74 Å². The van der Waals surface area contributed by atoms with Crippen LogP contribution in [0.15, 0.2) is 0 Å². The predicted octanol–water partition coefficient (Wildman–Crippen LogP) is 0.599. The lowest BCUT2D eigenvalue weighted by Gasteiger charge is -2.05. The number of nitrogens with zero attached hydrogens (tertiary/aromatic N) is 1. The molecular formula is C6H9NO2. The van der Waals surface area contributed by atoms with E-state index in [9.17, 15) is 4.79 Å². The van der Waals surface area contributed by atoms with Gasteiger partial charge in [-0.3, -0.25) is 4.90 Å². The summed E-state index contributed by atoms with van der Waals surface area (Å²) in [6.45, 7) is 4.70. The molecule has 0 aromatic heterocycles. The summed E-state index contributed by atoms with van der Waals surface area (Å²) in [7, 11) is 0. The second kappa shape index (κ2) is 1.08. The van der Waals surface area contributed by atoms with E-state index in [1.165, 1.54) is 0 Å². The van der Waals surface area contributed by atoms with E-state index in [1.807, 2.05) is 0 Å². The molecule has 1 atom stereocenters. The molecule has 2 aliphatic rings. The number of carbonyl (C=O) groups is 1. The summed E-state index contributed by atoms with van der Waals surface area (Å²) in [6.07, 6.45) is -0.148. The summed E-state index contributed by atoms with van der Waals surface area (Å²) >= 11 is 0. The fraction of sp³-hybridized carbons (Fsp3) is 0.833. The van der Waals surface area contributed by atoms with Crippen molar-refractivity contribution in [2.24, 2.45) is 0 Å². The van der Waals surface area contributed by atoms with Crippen molar-refractivity contribution in [1.82, 2.24) is 4.90 Å². The van der Waals surface area contributed by atoms with Crippen LogP contribution in [0, 0.1) is 0 Å². The summed E-state index contributed by atoms with van der Waals surface area (Å²) < 4.78 is 4.74. The van der Waals surface area contributed by atoms with Crippen molar-refractivity contribution in [2.75, 3.05) is 6.61 Å². The van der Waals surface area contributed by atoms with E-state index in [1.54, 1.807) is 4.90 Å². The quantitative estimate of drug-likeness (QED) is 0.446. The molecule has 0 bridgehead atoms. The van der Waals surface area contributed by atoms with Crippen LogP contribution in [0.3, 0.4) is 0 Å². The zero-order valence-corrected chi connectivity index (χ0v) is 5.55. The third-order valence-electron chi connectivity index (χ3n) is 2.24. The number of hydrogen-bond acceptors (Lipinski definition) is 2. The van der Waals surface area contributed by atoms with Gasteiger partial charge in [0, 0.05) is 0 Å². The minimum absolute atomic E-state index is 0.0926. The zero-order valence-electron chi connectivity index (χ0n) is 5.55. The first-order valence-corrected chi connectivity index (χ1v) is 3.10. The third-order valence-corrected chi connectivity index (χ3v) is 2.24. The highest BCUT2D eigenvalue weighted by Gasteiger charge is 2.63. The van der Waals surface area contributed by atoms with Gasteiger partial charge in [-0.25, -0.2) is 4.79 Å². The number of carbonyl (C=O) groups excluding carboxylic acids is 1. The summed E-state index contributed by atoms with van der Waals surface area (Å²) in [6, 6.07) is 0.366. The lowest BCUT2D eigenvalue weighted by molar-refractivity contribution is 0.149. The minimum Gasteiger partial charge on any atom is -0.447 e. The van der Waals surface area contributed by atoms with Crippen molar-refractivity contribution in [3.05, 3.63) is 0 Å². The van der Waals surface area contributed by atoms with E-state index in [0.29, 0.717) is 12.6 Å². The average molecular weight is 127 g/mol. The second-order valence-electron chi connectivity index (χ2n) is 3.12. The molecule has 9 heavy (non-hydrogen) atoms. The molecule has 1 unspecified atom stereocenters. The Labute approximate surface area is 53.6 Å². The molecule has 0 saturated carbocycles. The highest BCUT2D eigenvalue weighted by Crippen LogP contribution is 2.44. The molecule has 0 aliphatic carbocycles. The van der Waals surface area contributed by atoms with Crippen molar-refractivity contribution < 1.29 is 9.53 Å². The number of amides is 1. The molecule has 1 amide bonds. The zero-order chi connectivity index (χ0) is 6.65. The van der Waals surface area contributed by atoms with Gasteiger partial charge < -0.3 is 4.74 Å². The Balaban J connectivity index is 2.23. The van der Waals surface area contributed by atoms with E-state index in [0.717, 1.165) is 0 Å². The van der Waals surface area contributed by atoms with Crippen LogP contribution in [-0.2, 0) is 4.74 Å². The van der Waals surface area contributed by atoms with E-state index < -0.39 is 0 Å². The van der Waals surface area contributed by atoms with Crippen LogP contribution in [0.1, 0.15) is 13.8 Å². The molecule has 2 aliphatic heterocycles. The van der Waals surface area contributed by atoms with E-state index >= 15 is 0 Å². The standard InChI is InChI=1S/C6H9NO2/c1-6(2)4-3-9-5(8)7(4)6/h4H,3H2,1-2H3. The van der Waals surface area contributed by atoms with Gasteiger partial charge in [0.25, 0.3) is 0 Å². The number of cyclic esters (lactones) is 1. The highest BCUT2D eigenvalue weighted by molar-refractivity contribution is 5.76. The summed E-state index contributed by atoms with van der Waals surface area (Å²) in [5.74, 6) is 0. The molecule has 0 N–H and O–H groups in total. The maximum absolute atomic E-state index is 10.7. The maximum atomic E-state index is 10.7.